The van der Waals surface area contributed by atoms with E-state index in [-0.39, 0.29) is 42.9 Å². The molecule has 8 aromatic carbocycles. The zero-order valence-electron chi connectivity index (χ0n) is 43.8. The summed E-state index contributed by atoms with van der Waals surface area (Å²) < 4.78 is 168. The normalized spacial score (nSPS) is 11.6. The standard InChI is InChI=1S/2C29H17F6N2.C6H4N5.Ir/c2*30-28(31,32)22-13-7-15-24(17-22)36-19-37(25-16-8-14-23(18-25)29(33,34)35)27(21-11-5-2-6-12-21)26(36)20-9-3-1-4-10-20;1-2-4-7-5(3-1)6-8-10-11-9-6;/h2*1-15,17-18H;1-4H;/q3*-1;. The Kier molecular flexibility index (Phi) is 18.1. The van der Waals surface area contributed by atoms with Gasteiger partial charge in [-0.2, -0.15) is 94.3 Å². The average Bonchev–Trinajstić information content (AvgIpc) is 3.92. The number of tetrazole rings is 1. The fraction of sp³-hybridized carbons (Fsp3) is 0.0625. The van der Waals surface area contributed by atoms with E-state index in [1.165, 1.54) is 42.5 Å². The van der Waals surface area contributed by atoms with E-state index in [4.69, 9.17) is 0 Å². The minimum atomic E-state index is -4.59. The van der Waals surface area contributed by atoms with Gasteiger partial charge in [-0.15, -0.1) is 12.1 Å². The molecule has 9 nitrogen and oxygen atoms in total. The van der Waals surface area contributed by atoms with Gasteiger partial charge < -0.3 is 14.2 Å². The Morgan fingerprint density at radius 3 is 1.12 bits per heavy atom. The number of hydrogen-bond donors (Lipinski definition) is 0. The number of imidazole rings is 2. The smallest absolute Gasteiger partial charge is 0.329 e. The minimum absolute atomic E-state index is 0. The number of rotatable bonds is 9. The molecule has 0 amide bonds. The molecule has 0 unspecified atom stereocenters. The van der Waals surface area contributed by atoms with E-state index in [9.17, 15) is 52.7 Å². The Morgan fingerprint density at radius 1 is 0.395 bits per heavy atom. The van der Waals surface area contributed by atoms with Gasteiger partial charge in [0.25, 0.3) is 12.7 Å². The first kappa shape index (κ1) is 60.8. The Hall–Kier alpha value is -9.79. The zero-order chi connectivity index (χ0) is 59.9. The molecule has 0 atom stereocenters. The van der Waals surface area contributed by atoms with Gasteiger partial charge in [0.15, 0.2) is 0 Å². The zero-order valence-corrected chi connectivity index (χ0v) is 46.2. The first-order valence-corrected chi connectivity index (χ1v) is 25.3. The molecule has 0 aliphatic heterocycles. The second kappa shape index (κ2) is 25.6. The molecule has 22 heteroatoms. The van der Waals surface area contributed by atoms with Crippen molar-refractivity contribution in [2.45, 2.75) is 24.7 Å². The van der Waals surface area contributed by atoms with Crippen molar-refractivity contribution in [3.05, 3.63) is 278 Å². The Bertz CT molecular complexity index is 3710. The molecule has 0 saturated heterocycles. The number of halogens is 12. The maximum Gasteiger partial charge on any atom is 0.415 e. The summed E-state index contributed by atoms with van der Waals surface area (Å²) in [7, 11) is 0. The predicted molar refractivity (Wildman–Crippen MR) is 288 cm³/mol. The Labute approximate surface area is 496 Å². The molecule has 1 radical (unpaired) electrons. The number of nitrogens with zero attached hydrogens (tertiary/aromatic N) is 9. The monoisotopic (exact) mass is 1350 g/mol. The van der Waals surface area contributed by atoms with E-state index in [0.717, 1.165) is 60.7 Å². The number of alkyl halides is 12. The van der Waals surface area contributed by atoms with Crippen molar-refractivity contribution in [3.8, 4) is 79.3 Å². The largest absolute Gasteiger partial charge is 0.415 e. The van der Waals surface area contributed by atoms with Crippen LogP contribution in [0.4, 0.5) is 52.7 Å². The van der Waals surface area contributed by atoms with E-state index in [0.29, 0.717) is 56.5 Å². The van der Waals surface area contributed by atoms with Crippen LogP contribution in [0.25, 0.3) is 79.3 Å². The quantitative estimate of drug-likeness (QED) is 0.0817. The van der Waals surface area contributed by atoms with E-state index >= 15 is 0 Å². The van der Waals surface area contributed by atoms with Crippen LogP contribution in [0.2, 0.25) is 0 Å². The Morgan fingerprint density at radius 2 is 0.767 bits per heavy atom. The van der Waals surface area contributed by atoms with Crippen LogP contribution in [0.5, 0.6) is 0 Å². The summed E-state index contributed by atoms with van der Waals surface area (Å²) >= 11 is 0. The molecule has 4 aromatic heterocycles. The van der Waals surface area contributed by atoms with Crippen molar-refractivity contribution >= 4 is 0 Å². The number of pyridine rings is 1. The second-order valence-electron chi connectivity index (χ2n) is 18.3. The van der Waals surface area contributed by atoms with E-state index in [1.54, 1.807) is 134 Å². The molecule has 0 bridgehead atoms. The van der Waals surface area contributed by atoms with Crippen LogP contribution >= 0.6 is 0 Å². The summed E-state index contributed by atoms with van der Waals surface area (Å²) in [6.07, 6.45) is -10.7. The molecule has 86 heavy (non-hydrogen) atoms. The van der Waals surface area contributed by atoms with E-state index in [2.05, 4.69) is 50.4 Å². The molecular formula is C64H38F12IrN9-3. The predicted octanol–water partition coefficient (Wildman–Crippen LogP) is 15.3. The van der Waals surface area contributed by atoms with Gasteiger partial charge in [0.1, 0.15) is 0 Å². The molecule has 12 aromatic rings. The van der Waals surface area contributed by atoms with E-state index in [1.807, 2.05) is 12.1 Å². The van der Waals surface area contributed by atoms with Crippen molar-refractivity contribution in [1.29, 1.82) is 0 Å². The van der Waals surface area contributed by atoms with E-state index < -0.39 is 47.0 Å². The molecular weight excluding hydrogens is 1310 g/mol. The Balaban J connectivity index is 0.000000172. The van der Waals surface area contributed by atoms with Crippen LogP contribution in [0, 0.1) is 24.8 Å². The van der Waals surface area contributed by atoms with Gasteiger partial charge in [0.05, 0.1) is 56.8 Å². The summed E-state index contributed by atoms with van der Waals surface area (Å²) in [5.74, 6) is 0.464. The summed E-state index contributed by atoms with van der Waals surface area (Å²) in [6.45, 7) is 0. The molecule has 0 fully saturated rings. The minimum Gasteiger partial charge on any atom is -0.329 e. The topological polar surface area (TPSA) is 83.3 Å². The number of aromatic nitrogens is 9. The van der Waals surface area contributed by atoms with Crippen LogP contribution in [0.15, 0.2) is 231 Å². The summed E-state index contributed by atoms with van der Waals surface area (Å²) in [4.78, 5) is 4.02. The SMILES string of the molecule is FC(F)(F)c1cc[c-]c(-n2[c-][n+](-c3cccc(C(F)(F)F)c3)c(-c3ccccc3)c2-c2ccccc2)c1.FC(F)(F)c1cc[c-]c(-n2[c-][n+](-c3cccc(C(F)(F)F)c3)c(-c3ccccc3)c2-c2ccccc2)c1.[Ir].c1ccc(-c2nnn[n-]2)nc1. The maximum atomic E-state index is 13.5. The van der Waals surface area contributed by atoms with Crippen molar-refractivity contribution < 1.29 is 81.9 Å². The fourth-order valence-electron chi connectivity index (χ4n) is 8.90. The third kappa shape index (κ3) is 13.9. The van der Waals surface area contributed by atoms with Crippen molar-refractivity contribution in [1.82, 2.24) is 34.7 Å². The first-order valence-electron chi connectivity index (χ1n) is 25.3. The van der Waals surface area contributed by atoms with Gasteiger partial charge in [-0.1, -0.05) is 163 Å². The molecule has 0 N–H and O–H groups in total. The van der Waals surface area contributed by atoms with Gasteiger partial charge in [-0.05, 0) is 70.0 Å². The molecule has 435 valence electrons. The molecule has 4 heterocycles. The van der Waals surface area contributed by atoms with Crippen LogP contribution in [-0.2, 0) is 44.8 Å². The summed E-state index contributed by atoms with van der Waals surface area (Å²) in [5, 5.41) is 14.0. The summed E-state index contributed by atoms with van der Waals surface area (Å²) in [5.41, 5.74) is 1.94. The average molecular weight is 1350 g/mol. The maximum absolute atomic E-state index is 13.5. The molecule has 12 rings (SSSR count). The third-order valence-corrected chi connectivity index (χ3v) is 12.7. The van der Waals surface area contributed by atoms with Crippen LogP contribution in [0.3, 0.4) is 0 Å². The van der Waals surface area contributed by atoms with Gasteiger partial charge >= 0.3 is 24.7 Å². The van der Waals surface area contributed by atoms with Crippen molar-refractivity contribution in [2.75, 3.05) is 0 Å². The van der Waals surface area contributed by atoms with Crippen molar-refractivity contribution in [3.63, 3.8) is 0 Å². The molecule has 0 spiro atoms. The van der Waals surface area contributed by atoms with Gasteiger partial charge in [0, 0.05) is 26.3 Å². The molecule has 0 aliphatic carbocycles. The molecule has 0 aliphatic rings. The van der Waals surface area contributed by atoms with Gasteiger partial charge in [0.2, 0.25) is 0 Å². The van der Waals surface area contributed by atoms with Gasteiger partial charge in [-0.3, -0.25) is 24.4 Å². The second-order valence-corrected chi connectivity index (χ2v) is 18.3. The fourth-order valence-corrected chi connectivity index (χ4v) is 8.90. The van der Waals surface area contributed by atoms with Crippen molar-refractivity contribution in [2.24, 2.45) is 0 Å². The number of benzene rings is 8. The van der Waals surface area contributed by atoms with Crippen LogP contribution < -0.4 is 14.2 Å². The van der Waals surface area contributed by atoms with Gasteiger partial charge in [-0.25, -0.2) is 0 Å². The first-order chi connectivity index (χ1) is 40.7. The van der Waals surface area contributed by atoms with Crippen LogP contribution in [-0.4, -0.2) is 29.6 Å². The van der Waals surface area contributed by atoms with Crippen LogP contribution in [0.1, 0.15) is 22.3 Å². The third-order valence-electron chi connectivity index (χ3n) is 12.7. The summed E-state index contributed by atoms with van der Waals surface area (Å²) in [6, 6.07) is 62.2. The number of hydrogen-bond acceptors (Lipinski definition) is 4. The molecule has 0 saturated carbocycles.